The smallest absolute Gasteiger partial charge is 0.338 e. The predicted molar refractivity (Wildman–Crippen MR) is 205 cm³/mol. The van der Waals surface area contributed by atoms with E-state index in [2.05, 4.69) is 25.3 Å². The average molecular weight is 756 g/mol. The van der Waals surface area contributed by atoms with E-state index in [1.54, 1.807) is 42.0 Å². The second-order valence-corrected chi connectivity index (χ2v) is 16.5. The second kappa shape index (κ2) is 15.0. The second-order valence-electron chi connectivity index (χ2n) is 16.5. The van der Waals surface area contributed by atoms with E-state index < -0.39 is 12.4 Å². The van der Waals surface area contributed by atoms with Gasteiger partial charge in [-0.25, -0.2) is 23.5 Å². The Balaban J connectivity index is 0.914. The highest BCUT2D eigenvalue weighted by atomic mass is 19.3. The summed E-state index contributed by atoms with van der Waals surface area (Å²) in [6, 6.07) is 3.72. The van der Waals surface area contributed by atoms with E-state index in [4.69, 9.17) is 5.11 Å². The number of carboxylic acids is 1. The van der Waals surface area contributed by atoms with Crippen LogP contribution in [0.1, 0.15) is 99.0 Å². The van der Waals surface area contributed by atoms with Crippen molar-refractivity contribution in [1.29, 1.82) is 5.41 Å². The molecule has 0 bridgehead atoms. The maximum atomic E-state index is 14.6. The van der Waals surface area contributed by atoms with E-state index in [1.165, 1.54) is 50.9 Å². The molecule has 2 aromatic heterocycles. The normalized spacial score (nSPS) is 22.8. The first-order valence-corrected chi connectivity index (χ1v) is 19.8. The van der Waals surface area contributed by atoms with E-state index >= 15 is 0 Å². The fourth-order valence-electron chi connectivity index (χ4n) is 9.97. The number of anilines is 2. The van der Waals surface area contributed by atoms with Crippen molar-refractivity contribution >= 4 is 29.3 Å². The van der Waals surface area contributed by atoms with Crippen LogP contribution in [0.3, 0.4) is 0 Å². The van der Waals surface area contributed by atoms with Crippen LogP contribution in [0.15, 0.2) is 48.2 Å². The lowest BCUT2D eigenvalue weighted by Crippen LogP contribution is -2.58. The number of rotatable bonds is 8. The average Bonchev–Trinajstić information content (AvgIpc) is 3.62. The predicted octanol–water partition coefficient (Wildman–Crippen LogP) is 6.59. The van der Waals surface area contributed by atoms with Crippen molar-refractivity contribution in [2.24, 2.45) is 24.3 Å². The van der Waals surface area contributed by atoms with Gasteiger partial charge in [-0.3, -0.25) is 14.9 Å². The Morgan fingerprint density at radius 3 is 2.33 bits per heavy atom. The molecule has 3 aliphatic heterocycles. The van der Waals surface area contributed by atoms with Gasteiger partial charge in [0.2, 0.25) is 11.9 Å². The van der Waals surface area contributed by atoms with Crippen molar-refractivity contribution in [2.75, 3.05) is 42.5 Å². The molecule has 3 fully saturated rings. The molecule has 8 rings (SSSR count). The van der Waals surface area contributed by atoms with Crippen LogP contribution in [0.2, 0.25) is 0 Å². The van der Waals surface area contributed by atoms with Crippen LogP contribution in [0.25, 0.3) is 11.1 Å². The quantitative estimate of drug-likeness (QED) is 0.171. The highest BCUT2D eigenvalue weighted by Gasteiger charge is 2.47. The summed E-state index contributed by atoms with van der Waals surface area (Å²) in [6.07, 6.45) is 14.9. The molecule has 1 aromatic carbocycles. The van der Waals surface area contributed by atoms with Gasteiger partial charge in [0.05, 0.1) is 18.3 Å². The number of carbonyl (C=O) groups is 2. The first-order valence-electron chi connectivity index (χ1n) is 19.8. The van der Waals surface area contributed by atoms with Crippen LogP contribution in [0.5, 0.6) is 0 Å². The van der Waals surface area contributed by atoms with Crippen LogP contribution < -0.4 is 15.1 Å². The van der Waals surface area contributed by atoms with Gasteiger partial charge in [-0.05, 0) is 99.3 Å². The molecular weight excluding hydrogens is 705 g/mol. The monoisotopic (exact) mass is 755 g/mol. The molecule has 3 aromatic rings. The summed E-state index contributed by atoms with van der Waals surface area (Å²) < 4.78 is 30.7. The summed E-state index contributed by atoms with van der Waals surface area (Å²) in [6.45, 7) is 4.89. The molecule has 5 heterocycles. The Kier molecular flexibility index (Phi) is 10.1. The number of hydrogen-bond donors (Lipinski definition) is 3. The standard InChI is InChI=1S/C41H51F2N9O3/c1-25(53)50-15-11-35(34(22-50)38(44)52-14-3-4-28-16-32(30-20-47-49(2)21-30)33(37(42)43)17-36(28)52)48-31-7-5-26(6-8-31)27-9-12-41(13-10-27)23-51(24-41)40-45-18-29(19-46-40)39(54)55/h16-21,26-27,31,37,44,48H,3-15,22-24H2,1-2H3,(H,54,55). The third-order valence-corrected chi connectivity index (χ3v) is 13.1. The van der Waals surface area contributed by atoms with E-state index in [0.29, 0.717) is 66.2 Å². The number of fused-ring (bicyclic) bond motifs is 1. The number of aromatic carboxylic acids is 1. The van der Waals surface area contributed by atoms with Gasteiger partial charge >= 0.3 is 5.97 Å². The fraction of sp³-hybridized carbons (Fsp3) is 0.561. The lowest BCUT2D eigenvalue weighted by Gasteiger charge is -2.54. The van der Waals surface area contributed by atoms with Gasteiger partial charge < -0.3 is 25.1 Å². The molecule has 5 aliphatic rings. The van der Waals surface area contributed by atoms with Gasteiger partial charge in [0.25, 0.3) is 6.43 Å². The summed E-state index contributed by atoms with van der Waals surface area (Å²) in [5.74, 6) is 1.28. The van der Waals surface area contributed by atoms with Crippen LogP contribution >= 0.6 is 0 Å². The molecule has 0 radical (unpaired) electrons. The Morgan fingerprint density at radius 1 is 0.982 bits per heavy atom. The van der Waals surface area contributed by atoms with E-state index in [0.717, 1.165) is 61.5 Å². The maximum Gasteiger partial charge on any atom is 0.338 e. The summed E-state index contributed by atoms with van der Waals surface area (Å²) in [4.78, 5) is 38.1. The van der Waals surface area contributed by atoms with Gasteiger partial charge in [-0.1, -0.05) is 0 Å². The Morgan fingerprint density at radius 2 is 1.69 bits per heavy atom. The number of carbonyl (C=O) groups excluding carboxylic acids is 1. The third-order valence-electron chi connectivity index (χ3n) is 13.1. The minimum Gasteiger partial charge on any atom is -0.478 e. The van der Waals surface area contributed by atoms with Gasteiger partial charge in [0.1, 0.15) is 5.84 Å². The number of nitrogens with zero attached hydrogens (tertiary/aromatic N) is 7. The van der Waals surface area contributed by atoms with Gasteiger partial charge in [-0.15, -0.1) is 0 Å². The lowest BCUT2D eigenvalue weighted by molar-refractivity contribution is -0.128. The van der Waals surface area contributed by atoms with Gasteiger partial charge in [0, 0.05) is 105 Å². The zero-order valence-corrected chi connectivity index (χ0v) is 31.7. The first-order chi connectivity index (χ1) is 26.5. The van der Waals surface area contributed by atoms with Gasteiger partial charge in [-0.2, -0.15) is 5.10 Å². The van der Waals surface area contributed by atoms with E-state index in [1.807, 2.05) is 11.0 Å². The number of carboxylic acid groups (broad SMARTS) is 1. The zero-order valence-electron chi connectivity index (χ0n) is 31.7. The fourth-order valence-corrected chi connectivity index (χ4v) is 9.97. The summed E-state index contributed by atoms with van der Waals surface area (Å²) >= 11 is 0. The molecule has 292 valence electrons. The Bertz CT molecular complexity index is 1970. The van der Waals surface area contributed by atoms with E-state index in [-0.39, 0.29) is 22.9 Å². The number of aryl methyl sites for hydroxylation is 2. The van der Waals surface area contributed by atoms with Gasteiger partial charge in [0.15, 0.2) is 0 Å². The Hall–Kier alpha value is -4.88. The molecule has 3 N–H and O–H groups in total. The van der Waals surface area contributed by atoms with Crippen molar-refractivity contribution in [2.45, 2.75) is 90.0 Å². The maximum absolute atomic E-state index is 14.6. The number of amides is 1. The molecule has 2 saturated carbocycles. The molecular formula is C41H51F2N9O3. The SMILES string of the molecule is CC(=O)N1CCC(NC2CCC(C3CCC4(CC3)CN(c3ncc(C(=O)O)cn3)C4)CC2)=C(C(=N)N2CCCc3cc(-c4cnn(C)c4)c(C(F)F)cc32)C1. The number of nitrogens with one attached hydrogen (secondary N) is 2. The highest BCUT2D eigenvalue weighted by Crippen LogP contribution is 2.50. The third kappa shape index (κ3) is 7.43. The number of aromatic nitrogens is 4. The molecule has 0 unspecified atom stereocenters. The van der Waals surface area contributed by atoms with Crippen LogP contribution in [0, 0.1) is 22.7 Å². The lowest BCUT2D eigenvalue weighted by atomic mass is 9.62. The van der Waals surface area contributed by atoms with Crippen LogP contribution in [-0.4, -0.2) is 86.2 Å². The van der Waals surface area contributed by atoms with E-state index in [9.17, 15) is 23.8 Å². The van der Waals surface area contributed by atoms with Crippen LogP contribution in [-0.2, 0) is 18.3 Å². The molecule has 12 nitrogen and oxygen atoms in total. The first kappa shape index (κ1) is 37.1. The molecule has 14 heteroatoms. The minimum atomic E-state index is -2.68. The molecule has 55 heavy (non-hydrogen) atoms. The summed E-state index contributed by atoms with van der Waals surface area (Å²) in [5, 5.41) is 26.8. The number of amidine groups is 1. The van der Waals surface area contributed by atoms with Crippen LogP contribution in [0.4, 0.5) is 20.4 Å². The van der Waals surface area contributed by atoms with Crippen molar-refractivity contribution in [3.63, 3.8) is 0 Å². The highest BCUT2D eigenvalue weighted by molar-refractivity contribution is 6.09. The zero-order chi connectivity index (χ0) is 38.4. The number of halogens is 2. The molecule has 1 spiro atoms. The number of benzene rings is 1. The number of alkyl halides is 2. The minimum absolute atomic E-state index is 0.0309. The summed E-state index contributed by atoms with van der Waals surface area (Å²) in [5.41, 5.74) is 4.86. The molecule has 2 aliphatic carbocycles. The van der Waals surface area contributed by atoms with Crippen molar-refractivity contribution in [3.05, 3.63) is 64.9 Å². The largest absolute Gasteiger partial charge is 0.478 e. The molecule has 1 amide bonds. The van der Waals surface area contributed by atoms with Crippen molar-refractivity contribution < 1.29 is 23.5 Å². The molecule has 0 atom stereocenters. The molecule has 1 saturated heterocycles. The van der Waals surface area contributed by atoms with Crippen molar-refractivity contribution in [1.82, 2.24) is 30.0 Å². The van der Waals surface area contributed by atoms with Crippen molar-refractivity contribution in [3.8, 4) is 11.1 Å². The topological polar surface area (TPSA) is 144 Å². The number of hydrogen-bond acceptors (Lipinski definition) is 8. The summed E-state index contributed by atoms with van der Waals surface area (Å²) in [7, 11) is 1.77. The Labute approximate surface area is 320 Å².